The first-order chi connectivity index (χ1) is 9.15. The predicted molar refractivity (Wildman–Crippen MR) is 82.3 cm³/mol. The van der Waals surface area contributed by atoms with E-state index in [0.29, 0.717) is 11.2 Å². The summed E-state index contributed by atoms with van der Waals surface area (Å²) in [6, 6.07) is 8.73. The van der Waals surface area contributed by atoms with Crippen LogP contribution in [0.25, 0.3) is 0 Å². The molecular formula is C15H22N2OS. The molecule has 2 N–H and O–H groups in total. The molecule has 1 heterocycles. The van der Waals surface area contributed by atoms with Crippen LogP contribution in [-0.2, 0) is 4.74 Å². The fraction of sp³-hybridized carbons (Fsp3) is 0.533. The van der Waals surface area contributed by atoms with Crippen LogP contribution in [0.4, 0.5) is 0 Å². The highest BCUT2D eigenvalue weighted by molar-refractivity contribution is 7.80. The Morgan fingerprint density at radius 2 is 2.16 bits per heavy atom. The monoisotopic (exact) mass is 278 g/mol. The van der Waals surface area contributed by atoms with Gasteiger partial charge in [0, 0.05) is 13.2 Å². The molecule has 3 nitrogen and oxygen atoms in total. The summed E-state index contributed by atoms with van der Waals surface area (Å²) in [5.41, 5.74) is 2.52. The Morgan fingerprint density at radius 1 is 1.42 bits per heavy atom. The summed E-state index contributed by atoms with van der Waals surface area (Å²) < 4.78 is 5.56. The van der Waals surface area contributed by atoms with E-state index in [2.05, 4.69) is 48.7 Å². The fourth-order valence-electron chi connectivity index (χ4n) is 2.20. The van der Waals surface area contributed by atoms with Crippen molar-refractivity contribution in [3.63, 3.8) is 0 Å². The Morgan fingerprint density at radius 3 is 2.79 bits per heavy atom. The van der Waals surface area contributed by atoms with Crippen molar-refractivity contribution in [2.24, 2.45) is 0 Å². The molecule has 0 saturated carbocycles. The van der Waals surface area contributed by atoms with Crippen molar-refractivity contribution in [2.45, 2.75) is 38.8 Å². The van der Waals surface area contributed by atoms with Crippen LogP contribution in [0.5, 0.6) is 0 Å². The maximum absolute atomic E-state index is 5.56. The SMILES string of the molecule is Cc1ccc(C(C)NC(=S)NCC2CCCO2)cc1. The first-order valence-corrected chi connectivity index (χ1v) is 7.28. The van der Waals surface area contributed by atoms with Gasteiger partial charge in [0.25, 0.3) is 0 Å². The lowest BCUT2D eigenvalue weighted by Gasteiger charge is -2.19. The molecule has 2 unspecified atom stereocenters. The molecule has 0 spiro atoms. The molecule has 0 amide bonds. The second kappa shape index (κ2) is 6.87. The van der Waals surface area contributed by atoms with Gasteiger partial charge < -0.3 is 15.4 Å². The summed E-state index contributed by atoms with van der Waals surface area (Å²) in [4.78, 5) is 0. The molecule has 4 heteroatoms. The summed E-state index contributed by atoms with van der Waals surface area (Å²) in [6.07, 6.45) is 2.60. The van der Waals surface area contributed by atoms with Crippen LogP contribution in [-0.4, -0.2) is 24.4 Å². The first kappa shape index (κ1) is 14.3. The van der Waals surface area contributed by atoms with Gasteiger partial charge in [0.05, 0.1) is 12.1 Å². The average Bonchev–Trinajstić information content (AvgIpc) is 2.90. The molecule has 104 valence electrons. The molecule has 0 aliphatic carbocycles. The smallest absolute Gasteiger partial charge is 0.166 e. The maximum Gasteiger partial charge on any atom is 0.166 e. The molecule has 1 aromatic rings. The molecule has 1 aliphatic rings. The van der Waals surface area contributed by atoms with Crippen LogP contribution in [0.15, 0.2) is 24.3 Å². The quantitative estimate of drug-likeness (QED) is 0.830. The second-order valence-corrected chi connectivity index (χ2v) is 5.53. The van der Waals surface area contributed by atoms with E-state index in [0.717, 1.165) is 26.0 Å². The summed E-state index contributed by atoms with van der Waals surface area (Å²) in [5, 5.41) is 7.23. The number of hydrogen-bond donors (Lipinski definition) is 2. The fourth-order valence-corrected chi connectivity index (χ4v) is 2.46. The van der Waals surface area contributed by atoms with E-state index in [1.165, 1.54) is 11.1 Å². The number of hydrogen-bond acceptors (Lipinski definition) is 2. The van der Waals surface area contributed by atoms with Crippen molar-refractivity contribution in [2.75, 3.05) is 13.2 Å². The molecule has 1 aromatic carbocycles. The second-order valence-electron chi connectivity index (χ2n) is 5.12. The van der Waals surface area contributed by atoms with Crippen LogP contribution in [0.2, 0.25) is 0 Å². The molecule has 1 aliphatic heterocycles. The van der Waals surface area contributed by atoms with E-state index in [-0.39, 0.29) is 6.04 Å². The molecule has 0 aromatic heterocycles. The largest absolute Gasteiger partial charge is 0.376 e. The summed E-state index contributed by atoms with van der Waals surface area (Å²) >= 11 is 5.31. The van der Waals surface area contributed by atoms with Crippen LogP contribution < -0.4 is 10.6 Å². The lowest BCUT2D eigenvalue weighted by molar-refractivity contribution is 0.114. The minimum Gasteiger partial charge on any atom is -0.376 e. The van der Waals surface area contributed by atoms with Crippen LogP contribution in [0.3, 0.4) is 0 Å². The van der Waals surface area contributed by atoms with Crippen molar-refractivity contribution in [3.8, 4) is 0 Å². The third-order valence-corrected chi connectivity index (χ3v) is 3.70. The number of aryl methyl sites for hydroxylation is 1. The van der Waals surface area contributed by atoms with Gasteiger partial charge in [-0.25, -0.2) is 0 Å². The highest BCUT2D eigenvalue weighted by atomic mass is 32.1. The summed E-state index contributed by atoms with van der Waals surface area (Å²) in [5.74, 6) is 0. The number of thiocarbonyl (C=S) groups is 1. The van der Waals surface area contributed by atoms with Gasteiger partial charge in [0.1, 0.15) is 0 Å². The van der Waals surface area contributed by atoms with Gasteiger partial charge in [-0.3, -0.25) is 0 Å². The van der Waals surface area contributed by atoms with E-state index in [1.54, 1.807) is 0 Å². The van der Waals surface area contributed by atoms with Gasteiger partial charge in [0.15, 0.2) is 5.11 Å². The lowest BCUT2D eigenvalue weighted by atomic mass is 10.1. The Hall–Kier alpha value is -1.13. The maximum atomic E-state index is 5.56. The molecule has 2 rings (SSSR count). The Labute approximate surface area is 120 Å². The van der Waals surface area contributed by atoms with Crippen LogP contribution in [0.1, 0.15) is 36.9 Å². The van der Waals surface area contributed by atoms with Gasteiger partial charge >= 0.3 is 0 Å². The van der Waals surface area contributed by atoms with E-state index in [9.17, 15) is 0 Å². The van der Waals surface area contributed by atoms with Gasteiger partial charge in [-0.05, 0) is 44.5 Å². The number of nitrogens with one attached hydrogen (secondary N) is 2. The molecular weight excluding hydrogens is 256 g/mol. The highest BCUT2D eigenvalue weighted by Crippen LogP contribution is 2.13. The standard InChI is InChI=1S/C15H22N2OS/c1-11-5-7-13(8-6-11)12(2)17-15(19)16-10-14-4-3-9-18-14/h5-8,12,14H,3-4,9-10H2,1-2H3,(H2,16,17,19). The predicted octanol–water partition coefficient (Wildman–Crippen LogP) is 2.70. The molecule has 2 atom stereocenters. The number of ether oxygens (including phenoxy) is 1. The zero-order chi connectivity index (χ0) is 13.7. The normalized spacial score (nSPS) is 20.0. The summed E-state index contributed by atoms with van der Waals surface area (Å²) in [6.45, 7) is 5.89. The van der Waals surface area contributed by atoms with Crippen molar-refractivity contribution >= 4 is 17.3 Å². The van der Waals surface area contributed by atoms with Crippen molar-refractivity contribution in [1.29, 1.82) is 0 Å². The Kier molecular flexibility index (Phi) is 5.16. The molecule has 0 radical (unpaired) electrons. The van der Waals surface area contributed by atoms with Gasteiger partial charge in [-0.2, -0.15) is 0 Å². The first-order valence-electron chi connectivity index (χ1n) is 6.87. The van der Waals surface area contributed by atoms with E-state index in [1.807, 2.05) is 0 Å². The average molecular weight is 278 g/mol. The number of rotatable bonds is 4. The van der Waals surface area contributed by atoms with E-state index >= 15 is 0 Å². The van der Waals surface area contributed by atoms with Crippen LogP contribution in [0, 0.1) is 6.92 Å². The number of benzene rings is 1. The van der Waals surface area contributed by atoms with Gasteiger partial charge in [-0.1, -0.05) is 29.8 Å². The van der Waals surface area contributed by atoms with Gasteiger partial charge in [0.2, 0.25) is 0 Å². The highest BCUT2D eigenvalue weighted by Gasteiger charge is 2.15. The van der Waals surface area contributed by atoms with E-state index in [4.69, 9.17) is 17.0 Å². The van der Waals surface area contributed by atoms with Crippen molar-refractivity contribution in [3.05, 3.63) is 35.4 Å². The third kappa shape index (κ3) is 4.48. The molecule has 1 saturated heterocycles. The Balaban J connectivity index is 1.76. The Bertz CT molecular complexity index is 413. The van der Waals surface area contributed by atoms with Crippen molar-refractivity contribution < 1.29 is 4.74 Å². The van der Waals surface area contributed by atoms with Crippen molar-refractivity contribution in [1.82, 2.24) is 10.6 Å². The molecule has 0 bridgehead atoms. The van der Waals surface area contributed by atoms with Crippen LogP contribution >= 0.6 is 12.2 Å². The topological polar surface area (TPSA) is 33.3 Å². The summed E-state index contributed by atoms with van der Waals surface area (Å²) in [7, 11) is 0. The van der Waals surface area contributed by atoms with Gasteiger partial charge in [-0.15, -0.1) is 0 Å². The van der Waals surface area contributed by atoms with E-state index < -0.39 is 0 Å². The zero-order valence-corrected chi connectivity index (χ0v) is 12.4. The molecule has 19 heavy (non-hydrogen) atoms. The lowest BCUT2D eigenvalue weighted by Crippen LogP contribution is -2.40. The minimum absolute atomic E-state index is 0.213. The minimum atomic E-state index is 0.213. The molecule has 1 fully saturated rings. The third-order valence-electron chi connectivity index (χ3n) is 3.44. The zero-order valence-electron chi connectivity index (χ0n) is 11.6.